The van der Waals surface area contributed by atoms with E-state index in [0.717, 1.165) is 23.7 Å². The SMILES string of the molecule is CC(C(=O)O)c1ccc(COCC2CC2)cc1. The van der Waals surface area contributed by atoms with Gasteiger partial charge < -0.3 is 9.84 Å². The fraction of sp³-hybridized carbons (Fsp3) is 0.500. The van der Waals surface area contributed by atoms with Crippen LogP contribution in [0, 0.1) is 5.92 Å². The molecule has 0 spiro atoms. The van der Waals surface area contributed by atoms with Crippen molar-refractivity contribution in [3.05, 3.63) is 35.4 Å². The molecule has 3 heteroatoms. The number of aliphatic carboxylic acids is 1. The quantitative estimate of drug-likeness (QED) is 0.823. The van der Waals surface area contributed by atoms with Gasteiger partial charge in [-0.2, -0.15) is 0 Å². The lowest BCUT2D eigenvalue weighted by atomic mass is 10.0. The lowest BCUT2D eigenvalue weighted by Gasteiger charge is -2.08. The summed E-state index contributed by atoms with van der Waals surface area (Å²) in [7, 11) is 0. The van der Waals surface area contributed by atoms with Crippen molar-refractivity contribution >= 4 is 5.97 Å². The van der Waals surface area contributed by atoms with Crippen molar-refractivity contribution in [3.8, 4) is 0 Å². The van der Waals surface area contributed by atoms with Crippen molar-refractivity contribution in [1.82, 2.24) is 0 Å². The highest BCUT2D eigenvalue weighted by Crippen LogP contribution is 2.29. The molecule has 0 aromatic heterocycles. The van der Waals surface area contributed by atoms with Gasteiger partial charge in [0, 0.05) is 6.61 Å². The van der Waals surface area contributed by atoms with Gasteiger partial charge in [-0.05, 0) is 36.8 Å². The Balaban J connectivity index is 1.85. The van der Waals surface area contributed by atoms with Crippen LogP contribution >= 0.6 is 0 Å². The molecule has 0 bridgehead atoms. The molecular formula is C14H18O3. The van der Waals surface area contributed by atoms with Gasteiger partial charge in [-0.3, -0.25) is 4.79 Å². The second-order valence-electron chi connectivity index (χ2n) is 4.76. The monoisotopic (exact) mass is 234 g/mol. The molecule has 1 N–H and O–H groups in total. The van der Waals surface area contributed by atoms with Crippen LogP contribution in [0.3, 0.4) is 0 Å². The summed E-state index contributed by atoms with van der Waals surface area (Å²) in [4.78, 5) is 10.8. The summed E-state index contributed by atoms with van der Waals surface area (Å²) >= 11 is 0. The van der Waals surface area contributed by atoms with Crippen LogP contribution in [0.4, 0.5) is 0 Å². The molecule has 1 fully saturated rings. The zero-order valence-corrected chi connectivity index (χ0v) is 10.1. The second kappa shape index (κ2) is 5.32. The maximum absolute atomic E-state index is 10.8. The van der Waals surface area contributed by atoms with E-state index in [4.69, 9.17) is 9.84 Å². The Labute approximate surface area is 101 Å². The van der Waals surface area contributed by atoms with E-state index >= 15 is 0 Å². The number of carboxylic acids is 1. The molecule has 1 aromatic carbocycles. The van der Waals surface area contributed by atoms with Crippen molar-refractivity contribution in [3.63, 3.8) is 0 Å². The number of hydrogen-bond donors (Lipinski definition) is 1. The number of benzene rings is 1. The van der Waals surface area contributed by atoms with Gasteiger partial charge in [0.2, 0.25) is 0 Å². The van der Waals surface area contributed by atoms with E-state index in [1.807, 2.05) is 24.3 Å². The number of carbonyl (C=O) groups is 1. The number of carboxylic acid groups (broad SMARTS) is 1. The van der Waals surface area contributed by atoms with Crippen LogP contribution in [0.25, 0.3) is 0 Å². The summed E-state index contributed by atoms with van der Waals surface area (Å²) in [5.41, 5.74) is 1.94. The van der Waals surface area contributed by atoms with E-state index < -0.39 is 11.9 Å². The Hall–Kier alpha value is -1.35. The molecule has 0 saturated heterocycles. The molecule has 0 aliphatic heterocycles. The molecule has 1 saturated carbocycles. The van der Waals surface area contributed by atoms with Crippen LogP contribution in [-0.2, 0) is 16.1 Å². The van der Waals surface area contributed by atoms with Gasteiger partial charge in [0.25, 0.3) is 0 Å². The Morgan fingerprint density at radius 2 is 2.06 bits per heavy atom. The van der Waals surface area contributed by atoms with Crippen molar-refractivity contribution in [2.24, 2.45) is 5.92 Å². The lowest BCUT2D eigenvalue weighted by Crippen LogP contribution is -2.07. The normalized spacial score (nSPS) is 16.8. The fourth-order valence-corrected chi connectivity index (χ4v) is 1.67. The highest BCUT2D eigenvalue weighted by atomic mass is 16.5. The average Bonchev–Trinajstić information content (AvgIpc) is 3.13. The van der Waals surface area contributed by atoms with Crippen LogP contribution in [0.5, 0.6) is 0 Å². The van der Waals surface area contributed by atoms with Crippen molar-refractivity contribution in [2.75, 3.05) is 6.61 Å². The smallest absolute Gasteiger partial charge is 0.310 e. The highest BCUT2D eigenvalue weighted by Gasteiger charge is 2.21. The largest absolute Gasteiger partial charge is 0.481 e. The summed E-state index contributed by atoms with van der Waals surface area (Å²) in [5, 5.41) is 8.89. The van der Waals surface area contributed by atoms with Crippen LogP contribution in [0.1, 0.15) is 36.8 Å². The first-order valence-electron chi connectivity index (χ1n) is 6.06. The predicted molar refractivity (Wildman–Crippen MR) is 64.9 cm³/mol. The zero-order chi connectivity index (χ0) is 12.3. The van der Waals surface area contributed by atoms with Gasteiger partial charge in [-0.15, -0.1) is 0 Å². The van der Waals surface area contributed by atoms with E-state index in [9.17, 15) is 4.79 Å². The first-order chi connectivity index (χ1) is 8.16. The van der Waals surface area contributed by atoms with E-state index in [0.29, 0.717) is 6.61 Å². The molecule has 0 radical (unpaired) electrons. The average molecular weight is 234 g/mol. The number of rotatable bonds is 6. The third-order valence-corrected chi connectivity index (χ3v) is 3.17. The maximum atomic E-state index is 10.8. The molecule has 3 nitrogen and oxygen atoms in total. The van der Waals surface area contributed by atoms with Crippen LogP contribution in [0.2, 0.25) is 0 Å². The minimum atomic E-state index is -0.789. The van der Waals surface area contributed by atoms with E-state index in [1.54, 1.807) is 6.92 Å². The van der Waals surface area contributed by atoms with Crippen molar-refractivity contribution in [1.29, 1.82) is 0 Å². The van der Waals surface area contributed by atoms with Gasteiger partial charge in [-0.1, -0.05) is 24.3 Å². The molecule has 92 valence electrons. The van der Waals surface area contributed by atoms with Gasteiger partial charge in [0.05, 0.1) is 12.5 Å². The van der Waals surface area contributed by atoms with Gasteiger partial charge in [0.15, 0.2) is 0 Å². The van der Waals surface area contributed by atoms with Crippen LogP contribution in [0.15, 0.2) is 24.3 Å². The van der Waals surface area contributed by atoms with Crippen LogP contribution in [-0.4, -0.2) is 17.7 Å². The minimum Gasteiger partial charge on any atom is -0.481 e. The van der Waals surface area contributed by atoms with Gasteiger partial charge in [-0.25, -0.2) is 0 Å². The Morgan fingerprint density at radius 3 is 2.59 bits per heavy atom. The number of hydrogen-bond acceptors (Lipinski definition) is 2. The summed E-state index contributed by atoms with van der Waals surface area (Å²) in [6, 6.07) is 7.63. The summed E-state index contributed by atoms with van der Waals surface area (Å²) in [5.74, 6) is -0.458. The third kappa shape index (κ3) is 3.56. The molecule has 1 aliphatic rings. The number of ether oxygens (including phenoxy) is 1. The van der Waals surface area contributed by atoms with Crippen LogP contribution < -0.4 is 0 Å². The second-order valence-corrected chi connectivity index (χ2v) is 4.76. The van der Waals surface area contributed by atoms with E-state index in [-0.39, 0.29) is 0 Å². The molecule has 2 rings (SSSR count). The molecule has 1 unspecified atom stereocenters. The van der Waals surface area contributed by atoms with E-state index in [1.165, 1.54) is 12.8 Å². The molecule has 0 heterocycles. The molecule has 1 atom stereocenters. The summed E-state index contributed by atoms with van der Waals surface area (Å²) in [6.45, 7) is 3.17. The van der Waals surface area contributed by atoms with E-state index in [2.05, 4.69) is 0 Å². The first kappa shape index (κ1) is 12.1. The minimum absolute atomic E-state index is 0.448. The fourth-order valence-electron chi connectivity index (χ4n) is 1.67. The Kier molecular flexibility index (Phi) is 3.79. The van der Waals surface area contributed by atoms with Gasteiger partial charge >= 0.3 is 5.97 Å². The molecule has 1 aliphatic carbocycles. The standard InChI is InChI=1S/C14H18O3/c1-10(14(15)16)13-6-4-12(5-7-13)9-17-8-11-2-3-11/h4-7,10-11H,2-3,8-9H2,1H3,(H,15,16). The third-order valence-electron chi connectivity index (χ3n) is 3.17. The topological polar surface area (TPSA) is 46.5 Å². The summed E-state index contributed by atoms with van der Waals surface area (Å²) < 4.78 is 5.58. The Bertz CT molecular complexity index is 379. The molecule has 1 aromatic rings. The lowest BCUT2D eigenvalue weighted by molar-refractivity contribution is -0.138. The molecule has 0 amide bonds. The molecular weight excluding hydrogens is 216 g/mol. The zero-order valence-electron chi connectivity index (χ0n) is 10.1. The van der Waals surface area contributed by atoms with Gasteiger partial charge in [0.1, 0.15) is 0 Å². The highest BCUT2D eigenvalue weighted by molar-refractivity contribution is 5.75. The maximum Gasteiger partial charge on any atom is 0.310 e. The van der Waals surface area contributed by atoms with Crippen molar-refractivity contribution in [2.45, 2.75) is 32.3 Å². The first-order valence-corrected chi connectivity index (χ1v) is 6.06. The Morgan fingerprint density at radius 1 is 1.41 bits per heavy atom. The molecule has 17 heavy (non-hydrogen) atoms. The summed E-state index contributed by atoms with van der Waals surface area (Å²) in [6.07, 6.45) is 2.60. The van der Waals surface area contributed by atoms with Crippen molar-refractivity contribution < 1.29 is 14.6 Å². The predicted octanol–water partition coefficient (Wildman–Crippen LogP) is 2.80.